The van der Waals surface area contributed by atoms with Crippen molar-refractivity contribution in [1.29, 1.82) is 0 Å². The van der Waals surface area contributed by atoms with Crippen LogP contribution in [-0.4, -0.2) is 35.7 Å². The Morgan fingerprint density at radius 2 is 1.86 bits per heavy atom. The van der Waals surface area contributed by atoms with Crippen LogP contribution in [0.25, 0.3) is 0 Å². The predicted molar refractivity (Wildman–Crippen MR) is 58.3 cm³/mol. The maximum absolute atomic E-state index is 10.9. The van der Waals surface area contributed by atoms with Crippen LogP contribution in [0.1, 0.15) is 6.92 Å². The van der Waals surface area contributed by atoms with E-state index in [1.54, 1.807) is 6.92 Å². The summed E-state index contributed by atoms with van der Waals surface area (Å²) in [7, 11) is -5.34. The molecule has 0 aromatic heterocycles. The number of sulfonamides is 1. The van der Waals surface area contributed by atoms with Crippen molar-refractivity contribution < 1.29 is 17.6 Å². The van der Waals surface area contributed by atoms with E-state index in [2.05, 4.69) is 4.40 Å². The van der Waals surface area contributed by atoms with E-state index in [1.807, 2.05) is 19.6 Å². The molecule has 0 saturated heterocycles. The van der Waals surface area contributed by atoms with Crippen molar-refractivity contribution in [3.8, 4) is 0 Å². The Morgan fingerprint density at radius 3 is 2.14 bits per heavy atom. The van der Waals surface area contributed by atoms with Gasteiger partial charge in [-0.25, -0.2) is 8.42 Å². The van der Waals surface area contributed by atoms with Gasteiger partial charge in [-0.15, -0.1) is 0 Å². The van der Waals surface area contributed by atoms with Crippen molar-refractivity contribution in [3.63, 3.8) is 0 Å². The fraction of sp³-hybridized carbons (Fsp3) is 0.857. The zero-order valence-electron chi connectivity index (χ0n) is 9.20. The van der Waals surface area contributed by atoms with Gasteiger partial charge in [0.05, 0.1) is 12.9 Å². The fourth-order valence-corrected chi connectivity index (χ4v) is 1.65. The van der Waals surface area contributed by atoms with Gasteiger partial charge in [0, 0.05) is 0 Å². The molecule has 0 aromatic carbocycles. The minimum Gasteiger partial charge on any atom is -0.505 e. The molecular formula is C7H17NO4SSi. The summed E-state index contributed by atoms with van der Waals surface area (Å²) in [6.07, 6.45) is 0.855. The lowest BCUT2D eigenvalue weighted by molar-refractivity contribution is 0.250. The van der Waals surface area contributed by atoms with Crippen LogP contribution in [-0.2, 0) is 19.2 Å². The first-order valence-corrected chi connectivity index (χ1v) is 9.51. The summed E-state index contributed by atoms with van der Waals surface area (Å²) in [5, 5.41) is 0. The lowest BCUT2D eigenvalue weighted by Gasteiger charge is -2.19. The van der Waals surface area contributed by atoms with Crippen molar-refractivity contribution in [2.45, 2.75) is 26.6 Å². The average Bonchev–Trinajstić information content (AvgIpc) is 1.78. The second kappa shape index (κ2) is 4.79. The summed E-state index contributed by atoms with van der Waals surface area (Å²) in [5.41, 5.74) is 0. The van der Waals surface area contributed by atoms with Gasteiger partial charge >= 0.3 is 6.08 Å². The second-order valence-corrected chi connectivity index (χ2v) is 9.82. The van der Waals surface area contributed by atoms with Crippen molar-refractivity contribution in [2.75, 3.05) is 12.9 Å². The van der Waals surface area contributed by atoms with Crippen LogP contribution in [0.4, 0.5) is 0 Å². The van der Waals surface area contributed by atoms with Gasteiger partial charge in [-0.3, -0.25) is 0 Å². The summed E-state index contributed by atoms with van der Waals surface area (Å²) in [6, 6.07) is 0. The summed E-state index contributed by atoms with van der Waals surface area (Å²) < 4.78 is 35.4. The number of ether oxygens (including phenoxy) is 1. The van der Waals surface area contributed by atoms with Crippen molar-refractivity contribution >= 4 is 24.4 Å². The quantitative estimate of drug-likeness (QED) is 0.421. The van der Waals surface area contributed by atoms with E-state index < -0.39 is 18.3 Å². The molecule has 14 heavy (non-hydrogen) atoms. The largest absolute Gasteiger partial charge is 0.505 e. The van der Waals surface area contributed by atoms with Gasteiger partial charge < -0.3 is 9.16 Å². The first kappa shape index (κ1) is 13.4. The Kier molecular flexibility index (Phi) is 4.59. The highest BCUT2D eigenvalue weighted by atomic mass is 32.2. The van der Waals surface area contributed by atoms with Crippen LogP contribution in [0.2, 0.25) is 19.6 Å². The monoisotopic (exact) mass is 239 g/mol. The van der Waals surface area contributed by atoms with Crippen LogP contribution < -0.4 is 0 Å². The molecule has 7 heteroatoms. The summed E-state index contributed by atoms with van der Waals surface area (Å²) in [4.78, 5) is 0. The first-order valence-electron chi connectivity index (χ1n) is 4.26. The van der Waals surface area contributed by atoms with Crippen LogP contribution >= 0.6 is 0 Å². The van der Waals surface area contributed by atoms with E-state index >= 15 is 0 Å². The van der Waals surface area contributed by atoms with Gasteiger partial charge in [0.1, 0.15) is 0 Å². The number of hydrogen-bond acceptors (Lipinski definition) is 4. The number of hydrogen-bond donors (Lipinski definition) is 0. The molecule has 0 spiro atoms. The Balaban J connectivity index is 4.70. The molecule has 0 aliphatic heterocycles. The normalized spacial score (nSPS) is 13.9. The first-order chi connectivity index (χ1) is 6.14. The molecule has 0 N–H and O–H groups in total. The van der Waals surface area contributed by atoms with Gasteiger partial charge in [-0.1, -0.05) is 4.40 Å². The number of nitrogens with zero attached hydrogens (tertiary/aromatic N) is 1. The van der Waals surface area contributed by atoms with Crippen LogP contribution in [0, 0.1) is 0 Å². The second-order valence-electron chi connectivity index (χ2n) is 3.74. The van der Waals surface area contributed by atoms with E-state index in [-0.39, 0.29) is 6.08 Å². The summed E-state index contributed by atoms with van der Waals surface area (Å²) >= 11 is 0. The highest BCUT2D eigenvalue weighted by molar-refractivity contribution is 7.89. The topological polar surface area (TPSA) is 65.0 Å². The summed E-state index contributed by atoms with van der Waals surface area (Å²) in [6.45, 7) is 7.83. The fourth-order valence-electron chi connectivity index (χ4n) is 0.595. The smallest absolute Gasteiger partial charge is 0.385 e. The molecule has 0 amide bonds. The molecule has 0 aliphatic carbocycles. The standard InChI is InChI=1S/C7H17NO4SSi/c1-6-11-7(8-13(2,9)10)12-14(3,4)5/h6H2,1-5H3/b8-7-. The third-order valence-electron chi connectivity index (χ3n) is 0.902. The Hall–Kier alpha value is -0.563. The van der Waals surface area contributed by atoms with Gasteiger partial charge in [0.15, 0.2) is 0 Å². The minimum absolute atomic E-state index is 0.144. The lowest BCUT2D eigenvalue weighted by atomic mass is 10.9. The zero-order chi connectivity index (χ0) is 11.4. The van der Waals surface area contributed by atoms with E-state index in [0.717, 1.165) is 6.26 Å². The highest BCUT2D eigenvalue weighted by Crippen LogP contribution is 2.05. The molecule has 0 radical (unpaired) electrons. The Morgan fingerprint density at radius 1 is 1.36 bits per heavy atom. The van der Waals surface area contributed by atoms with Crippen LogP contribution in [0.15, 0.2) is 4.40 Å². The maximum Gasteiger partial charge on any atom is 0.385 e. The summed E-state index contributed by atoms with van der Waals surface area (Å²) in [5.74, 6) is 0. The van der Waals surface area contributed by atoms with Gasteiger partial charge in [-0.2, -0.15) is 0 Å². The van der Waals surface area contributed by atoms with Crippen LogP contribution in [0.3, 0.4) is 0 Å². The van der Waals surface area contributed by atoms with Gasteiger partial charge in [0.25, 0.3) is 10.0 Å². The van der Waals surface area contributed by atoms with E-state index in [0.29, 0.717) is 6.61 Å². The molecule has 0 rings (SSSR count). The molecular weight excluding hydrogens is 222 g/mol. The average molecular weight is 239 g/mol. The Labute approximate surface area is 86.3 Å². The van der Waals surface area contributed by atoms with E-state index in [4.69, 9.17) is 9.16 Å². The minimum atomic E-state index is -3.46. The predicted octanol–water partition coefficient (Wildman–Crippen LogP) is 1.19. The molecule has 0 aromatic rings. The van der Waals surface area contributed by atoms with Gasteiger partial charge in [-0.05, 0) is 26.6 Å². The highest BCUT2D eigenvalue weighted by Gasteiger charge is 2.20. The van der Waals surface area contributed by atoms with E-state index in [9.17, 15) is 8.42 Å². The molecule has 0 unspecified atom stereocenters. The maximum atomic E-state index is 10.9. The molecule has 5 nitrogen and oxygen atoms in total. The van der Waals surface area contributed by atoms with Crippen molar-refractivity contribution in [3.05, 3.63) is 0 Å². The molecule has 0 bridgehead atoms. The zero-order valence-corrected chi connectivity index (χ0v) is 11.0. The van der Waals surface area contributed by atoms with Crippen molar-refractivity contribution in [2.24, 2.45) is 4.40 Å². The van der Waals surface area contributed by atoms with Crippen LogP contribution in [0.5, 0.6) is 0 Å². The molecule has 0 fully saturated rings. The lowest BCUT2D eigenvalue weighted by Crippen LogP contribution is -2.31. The molecule has 0 atom stereocenters. The molecule has 0 aliphatic rings. The molecule has 84 valence electrons. The third-order valence-corrected chi connectivity index (χ3v) is 2.17. The van der Waals surface area contributed by atoms with E-state index in [1.165, 1.54) is 0 Å². The van der Waals surface area contributed by atoms with Gasteiger partial charge in [0.2, 0.25) is 8.32 Å². The SMILES string of the molecule is CCO/C(=N/S(C)(=O)=O)O[Si](C)(C)C. The Bertz CT molecular complexity index is 304. The molecule has 0 heterocycles. The molecule has 0 saturated carbocycles. The third kappa shape index (κ3) is 8.05. The number of rotatable bonds is 3. The van der Waals surface area contributed by atoms with Crippen molar-refractivity contribution in [1.82, 2.24) is 0 Å².